The molecule has 4 N–H and O–H groups in total. The monoisotopic (exact) mass is 308 g/mol. The van der Waals surface area contributed by atoms with Gasteiger partial charge < -0.3 is 25.8 Å². The summed E-state index contributed by atoms with van der Waals surface area (Å²) in [7, 11) is 0. The number of benzene rings is 1. The van der Waals surface area contributed by atoms with Crippen molar-refractivity contribution in [2.24, 2.45) is 11.8 Å². The number of anilines is 1. The van der Waals surface area contributed by atoms with Crippen LogP contribution in [0, 0.1) is 11.8 Å². The molecule has 0 heterocycles. The van der Waals surface area contributed by atoms with Crippen LogP contribution in [-0.4, -0.2) is 27.7 Å². The fraction of sp³-hybridized carbons (Fsp3) is 0.400. The molecule has 0 aliphatic carbocycles. The van der Waals surface area contributed by atoms with Crippen molar-refractivity contribution in [3.63, 3.8) is 0 Å². The van der Waals surface area contributed by atoms with E-state index in [1.165, 1.54) is 25.1 Å². The van der Waals surface area contributed by atoms with Gasteiger partial charge in [0.1, 0.15) is 17.3 Å². The molecule has 0 fully saturated rings. The maximum Gasteiger partial charge on any atom is 0.148 e. The first-order valence-electron chi connectivity index (χ1n) is 6.67. The van der Waals surface area contributed by atoms with Crippen molar-refractivity contribution in [1.29, 1.82) is 0 Å². The molecule has 0 bridgehead atoms. The van der Waals surface area contributed by atoms with Crippen LogP contribution in [0.15, 0.2) is 18.2 Å². The van der Waals surface area contributed by atoms with Crippen LogP contribution in [0.1, 0.15) is 31.9 Å². The summed E-state index contributed by atoms with van der Waals surface area (Å²) in [5.74, 6) is -5.43. The van der Waals surface area contributed by atoms with E-state index < -0.39 is 41.9 Å². The molecule has 0 amide bonds. The van der Waals surface area contributed by atoms with Gasteiger partial charge in [0.25, 0.3) is 0 Å². The van der Waals surface area contributed by atoms with Crippen LogP contribution in [0.2, 0.25) is 0 Å². The van der Waals surface area contributed by atoms with Gasteiger partial charge in [-0.05, 0) is 17.7 Å². The van der Waals surface area contributed by atoms with Crippen LogP contribution in [0.25, 0.3) is 0 Å². The number of ketones is 2. The smallest absolute Gasteiger partial charge is 0.148 e. The molecule has 1 aromatic carbocycles. The number of aliphatic carboxylic acids is 1. The van der Waals surface area contributed by atoms with Crippen LogP contribution in [0.5, 0.6) is 5.75 Å². The van der Waals surface area contributed by atoms with E-state index in [2.05, 4.69) is 0 Å². The van der Waals surface area contributed by atoms with E-state index in [1.807, 2.05) is 0 Å². The number of phenols is 1. The molecule has 3 atom stereocenters. The largest absolute Gasteiger partial charge is 0.549 e. The number of aliphatic hydroxyl groups excluding tert-OH is 1. The Bertz CT molecular complexity index is 577. The van der Waals surface area contributed by atoms with Gasteiger partial charge in [0.15, 0.2) is 0 Å². The molecule has 1 rings (SSSR count). The molecular weight excluding hydrogens is 290 g/mol. The maximum atomic E-state index is 12.0. The molecule has 3 unspecified atom stereocenters. The molecule has 1 aromatic rings. The average molecular weight is 308 g/mol. The number of aromatic hydroxyl groups is 1. The highest BCUT2D eigenvalue weighted by Gasteiger charge is 2.27. The van der Waals surface area contributed by atoms with Crippen molar-refractivity contribution < 1.29 is 29.7 Å². The first kappa shape index (κ1) is 17.6. The lowest BCUT2D eigenvalue weighted by molar-refractivity contribution is -0.309. The minimum Gasteiger partial charge on any atom is -0.549 e. The third kappa shape index (κ3) is 4.29. The first-order valence-corrected chi connectivity index (χ1v) is 6.67. The summed E-state index contributed by atoms with van der Waals surface area (Å²) >= 11 is 0. The van der Waals surface area contributed by atoms with Gasteiger partial charge in [-0.15, -0.1) is 0 Å². The van der Waals surface area contributed by atoms with Crippen LogP contribution in [0.3, 0.4) is 0 Å². The summed E-state index contributed by atoms with van der Waals surface area (Å²) in [4.78, 5) is 34.1. The second-order valence-corrected chi connectivity index (χ2v) is 5.24. The van der Waals surface area contributed by atoms with Crippen LogP contribution in [-0.2, 0) is 14.4 Å². The summed E-state index contributed by atoms with van der Waals surface area (Å²) in [5, 5.41) is 30.2. The summed E-state index contributed by atoms with van der Waals surface area (Å²) < 4.78 is 0. The number of phenolic OH excluding ortho intramolecular Hbond substituents is 1. The summed E-state index contributed by atoms with van der Waals surface area (Å²) in [6.45, 7) is 2.55. The van der Waals surface area contributed by atoms with Crippen molar-refractivity contribution in [3.05, 3.63) is 23.8 Å². The van der Waals surface area contributed by atoms with E-state index in [0.717, 1.165) is 6.92 Å². The Balaban J connectivity index is 2.81. The van der Waals surface area contributed by atoms with E-state index in [0.29, 0.717) is 0 Å². The van der Waals surface area contributed by atoms with Gasteiger partial charge in [-0.2, -0.15) is 0 Å². The lowest BCUT2D eigenvalue weighted by Crippen LogP contribution is -2.36. The number of nitrogens with two attached hydrogens (primary N) is 1. The van der Waals surface area contributed by atoms with Gasteiger partial charge in [-0.3, -0.25) is 9.59 Å². The van der Waals surface area contributed by atoms with E-state index in [-0.39, 0.29) is 17.0 Å². The number of carboxylic acid groups (broad SMARTS) is 1. The first-order chi connectivity index (χ1) is 10.1. The normalized spacial score (nSPS) is 14.9. The van der Waals surface area contributed by atoms with Crippen molar-refractivity contribution in [3.8, 4) is 5.75 Å². The van der Waals surface area contributed by atoms with Gasteiger partial charge in [-0.1, -0.05) is 13.8 Å². The second kappa shape index (κ2) is 7.04. The van der Waals surface area contributed by atoms with Crippen LogP contribution in [0.4, 0.5) is 5.69 Å². The number of aliphatic hydroxyl groups is 1. The quantitative estimate of drug-likeness (QED) is 0.458. The molecule has 0 radical (unpaired) electrons. The highest BCUT2D eigenvalue weighted by molar-refractivity contribution is 6.07. The van der Waals surface area contributed by atoms with Crippen molar-refractivity contribution >= 4 is 23.2 Å². The Morgan fingerprint density at radius 1 is 1.18 bits per heavy atom. The number of carbonyl (C=O) groups excluding carboxylic acids is 3. The molecule has 0 saturated heterocycles. The fourth-order valence-corrected chi connectivity index (χ4v) is 1.91. The van der Waals surface area contributed by atoms with Crippen LogP contribution < -0.4 is 10.8 Å². The lowest BCUT2D eigenvalue weighted by Gasteiger charge is -2.19. The average Bonchev–Trinajstić information content (AvgIpc) is 2.43. The predicted octanol–water partition coefficient (Wildman–Crippen LogP) is -0.442. The third-order valence-electron chi connectivity index (χ3n) is 3.47. The molecule has 0 spiro atoms. The number of rotatable bonds is 7. The lowest BCUT2D eigenvalue weighted by atomic mass is 9.89. The van der Waals surface area contributed by atoms with E-state index >= 15 is 0 Å². The minimum absolute atomic E-state index is 0.157. The Morgan fingerprint density at radius 3 is 2.27 bits per heavy atom. The fourth-order valence-electron chi connectivity index (χ4n) is 1.91. The topological polar surface area (TPSA) is 141 Å². The zero-order chi connectivity index (χ0) is 17.0. The second-order valence-electron chi connectivity index (χ2n) is 5.24. The van der Waals surface area contributed by atoms with E-state index in [4.69, 9.17) is 5.73 Å². The molecule has 0 aliphatic heterocycles. The Hall–Kier alpha value is -2.41. The van der Waals surface area contributed by atoms with E-state index in [1.54, 1.807) is 0 Å². The van der Waals surface area contributed by atoms with Gasteiger partial charge in [-0.25, -0.2) is 0 Å². The number of hydrogen-bond donors (Lipinski definition) is 3. The molecule has 120 valence electrons. The molecule has 0 aromatic heterocycles. The molecule has 0 saturated carbocycles. The maximum absolute atomic E-state index is 12.0. The number of nitrogen functional groups attached to an aromatic ring is 1. The third-order valence-corrected chi connectivity index (χ3v) is 3.47. The molecule has 0 aliphatic rings. The molecule has 7 nitrogen and oxygen atoms in total. The molecule has 22 heavy (non-hydrogen) atoms. The SMILES string of the molecule is CC(C(=O)[O-])C(=O)CC(=O)C(C)C(O)c1cc(N)cc(O)c1. The van der Waals surface area contributed by atoms with Crippen molar-refractivity contribution in [1.82, 2.24) is 0 Å². The Labute approximate surface area is 127 Å². The molecule has 7 heteroatoms. The zero-order valence-corrected chi connectivity index (χ0v) is 12.3. The van der Waals surface area contributed by atoms with Gasteiger partial charge in [0.2, 0.25) is 0 Å². The van der Waals surface area contributed by atoms with Gasteiger partial charge in [0, 0.05) is 17.7 Å². The zero-order valence-electron chi connectivity index (χ0n) is 12.3. The van der Waals surface area contributed by atoms with Gasteiger partial charge >= 0.3 is 0 Å². The van der Waals surface area contributed by atoms with Crippen molar-refractivity contribution in [2.45, 2.75) is 26.4 Å². The Kier molecular flexibility index (Phi) is 5.64. The standard InChI is InChI=1S/C15H19NO6/c1-7(12(18)6-13(19)8(2)15(21)22)14(20)9-3-10(16)5-11(17)4-9/h3-5,7-8,14,17,20H,6,16H2,1-2H3,(H,21,22)/p-1. The highest BCUT2D eigenvalue weighted by atomic mass is 16.4. The highest BCUT2D eigenvalue weighted by Crippen LogP contribution is 2.28. The molecular formula is C15H18NO6-. The number of Topliss-reactive ketones (excluding diaryl/α,β-unsaturated/α-hetero) is 2. The van der Waals surface area contributed by atoms with Gasteiger partial charge in [0.05, 0.1) is 24.4 Å². The Morgan fingerprint density at radius 2 is 1.77 bits per heavy atom. The van der Waals surface area contributed by atoms with Crippen molar-refractivity contribution in [2.75, 3.05) is 5.73 Å². The minimum atomic E-state index is -1.55. The summed E-state index contributed by atoms with van der Waals surface area (Å²) in [5.41, 5.74) is 6.00. The number of carboxylic acids is 1. The number of carbonyl (C=O) groups is 3. The number of hydrogen-bond acceptors (Lipinski definition) is 7. The van der Waals surface area contributed by atoms with E-state index in [9.17, 15) is 29.7 Å². The summed E-state index contributed by atoms with van der Waals surface area (Å²) in [6, 6.07) is 3.95. The summed E-state index contributed by atoms with van der Waals surface area (Å²) in [6.07, 6.45) is -1.88. The van der Waals surface area contributed by atoms with Crippen LogP contribution >= 0.6 is 0 Å². The predicted molar refractivity (Wildman–Crippen MR) is 75.4 cm³/mol.